The third-order valence-electron chi connectivity index (χ3n) is 5.94. The molecule has 1 saturated carbocycles. The lowest BCUT2D eigenvalue weighted by molar-refractivity contribution is 0.106. The molecule has 1 aromatic heterocycles. The van der Waals surface area contributed by atoms with Crippen molar-refractivity contribution in [3.05, 3.63) is 34.6 Å². The first-order chi connectivity index (χ1) is 13.6. The molecule has 1 aliphatic heterocycles. The molecule has 1 saturated heterocycles. The molecule has 2 aromatic rings. The monoisotopic (exact) mass is 384 g/mol. The van der Waals surface area contributed by atoms with E-state index in [0.717, 1.165) is 62.7 Å². The van der Waals surface area contributed by atoms with Gasteiger partial charge in [-0.25, -0.2) is 9.48 Å². The molecule has 150 valence electrons. The summed E-state index contributed by atoms with van der Waals surface area (Å²) in [6.07, 6.45) is 7.25. The molecule has 0 spiro atoms. The number of nitrogens with zero attached hydrogens (tertiary/aromatic N) is 3. The van der Waals surface area contributed by atoms with Gasteiger partial charge in [-0.15, -0.1) is 0 Å². The van der Waals surface area contributed by atoms with Gasteiger partial charge in [0.2, 0.25) is 0 Å². The largest absolute Gasteiger partial charge is 0.445 e. The fourth-order valence-electron chi connectivity index (χ4n) is 4.55. The van der Waals surface area contributed by atoms with Gasteiger partial charge in [0.05, 0.1) is 18.0 Å². The number of ether oxygens (including phenoxy) is 1. The van der Waals surface area contributed by atoms with Gasteiger partial charge >= 0.3 is 6.09 Å². The minimum Gasteiger partial charge on any atom is -0.445 e. The quantitative estimate of drug-likeness (QED) is 0.876. The molecule has 1 aliphatic carbocycles. The van der Waals surface area contributed by atoms with E-state index >= 15 is 0 Å². The van der Waals surface area contributed by atoms with Crippen molar-refractivity contribution < 1.29 is 9.53 Å². The molecule has 2 N–H and O–H groups in total. The molecular formula is C21H28N4O3. The highest BCUT2D eigenvalue weighted by Gasteiger charge is 2.26. The molecule has 0 radical (unpaired) electrons. The SMILES string of the molecule is NC(=O)O[C@H]1CCCCN(c2nn(C3CCCCC3)c(=O)c3ccccc23)C1. The summed E-state index contributed by atoms with van der Waals surface area (Å²) in [4.78, 5) is 26.6. The number of anilines is 1. The van der Waals surface area contributed by atoms with Crippen LogP contribution in [0.2, 0.25) is 0 Å². The van der Waals surface area contributed by atoms with E-state index in [0.29, 0.717) is 11.9 Å². The average molecular weight is 384 g/mol. The van der Waals surface area contributed by atoms with Crippen LogP contribution in [0.25, 0.3) is 10.8 Å². The lowest BCUT2D eigenvalue weighted by atomic mass is 9.95. The van der Waals surface area contributed by atoms with Gasteiger partial charge in [-0.1, -0.05) is 37.5 Å². The van der Waals surface area contributed by atoms with Crippen LogP contribution in [-0.4, -0.2) is 35.1 Å². The van der Waals surface area contributed by atoms with E-state index in [9.17, 15) is 9.59 Å². The fourth-order valence-corrected chi connectivity index (χ4v) is 4.55. The van der Waals surface area contributed by atoms with E-state index in [4.69, 9.17) is 15.6 Å². The Morgan fingerprint density at radius 2 is 1.75 bits per heavy atom. The molecule has 1 aromatic carbocycles. The summed E-state index contributed by atoms with van der Waals surface area (Å²) in [7, 11) is 0. The van der Waals surface area contributed by atoms with Crippen molar-refractivity contribution in [2.24, 2.45) is 5.73 Å². The van der Waals surface area contributed by atoms with Crippen molar-refractivity contribution in [2.45, 2.75) is 63.5 Å². The first-order valence-corrected chi connectivity index (χ1v) is 10.4. The number of hydrogen-bond acceptors (Lipinski definition) is 5. The van der Waals surface area contributed by atoms with Crippen LogP contribution >= 0.6 is 0 Å². The minimum absolute atomic E-state index is 0.00833. The Balaban J connectivity index is 1.77. The second kappa shape index (κ2) is 8.20. The topological polar surface area (TPSA) is 90.5 Å². The Labute approximate surface area is 164 Å². The van der Waals surface area contributed by atoms with Crippen molar-refractivity contribution in [1.82, 2.24) is 9.78 Å². The Kier molecular flexibility index (Phi) is 5.50. The second-order valence-electron chi connectivity index (χ2n) is 7.91. The summed E-state index contributed by atoms with van der Waals surface area (Å²) in [5.41, 5.74) is 5.24. The molecular weight excluding hydrogens is 356 g/mol. The van der Waals surface area contributed by atoms with Crippen LogP contribution in [-0.2, 0) is 4.74 Å². The van der Waals surface area contributed by atoms with Crippen LogP contribution in [0.4, 0.5) is 10.6 Å². The Hall–Kier alpha value is -2.57. The van der Waals surface area contributed by atoms with Crippen molar-refractivity contribution >= 4 is 22.7 Å². The summed E-state index contributed by atoms with van der Waals surface area (Å²) in [6, 6.07) is 7.85. The molecule has 4 rings (SSSR count). The highest BCUT2D eigenvalue weighted by molar-refractivity contribution is 5.91. The summed E-state index contributed by atoms with van der Waals surface area (Å²) < 4.78 is 7.02. The first kappa shape index (κ1) is 18.8. The predicted octanol–water partition coefficient (Wildman–Crippen LogP) is 3.36. The van der Waals surface area contributed by atoms with E-state index in [1.807, 2.05) is 24.3 Å². The van der Waals surface area contributed by atoms with Crippen LogP contribution in [0, 0.1) is 0 Å². The minimum atomic E-state index is -0.739. The highest BCUT2D eigenvalue weighted by Crippen LogP contribution is 2.30. The molecule has 2 fully saturated rings. The number of nitrogens with two attached hydrogens (primary N) is 1. The van der Waals surface area contributed by atoms with Crippen molar-refractivity contribution in [3.63, 3.8) is 0 Å². The van der Waals surface area contributed by atoms with E-state index in [1.165, 1.54) is 6.42 Å². The van der Waals surface area contributed by atoms with Crippen molar-refractivity contribution in [1.29, 1.82) is 0 Å². The molecule has 2 aliphatic rings. The maximum Gasteiger partial charge on any atom is 0.404 e. The molecule has 0 unspecified atom stereocenters. The lowest BCUT2D eigenvalue weighted by Crippen LogP contribution is -2.37. The standard InChI is InChI=1S/C21H28N4O3/c22-21(27)28-16-10-6-7-13-24(14-16)19-17-11-4-5-12-18(17)20(26)25(23-19)15-8-2-1-3-9-15/h4-5,11-12,15-16H,1-3,6-10,13-14H2,(H2,22,27)/t16-/m0/s1. The van der Waals surface area contributed by atoms with E-state index < -0.39 is 6.09 Å². The van der Waals surface area contributed by atoms with Gasteiger partial charge in [-0.2, -0.15) is 5.10 Å². The zero-order valence-corrected chi connectivity index (χ0v) is 16.2. The van der Waals surface area contributed by atoms with Gasteiger partial charge in [0.25, 0.3) is 5.56 Å². The van der Waals surface area contributed by atoms with Crippen molar-refractivity contribution in [2.75, 3.05) is 18.0 Å². The summed E-state index contributed by atoms with van der Waals surface area (Å²) >= 11 is 0. The smallest absolute Gasteiger partial charge is 0.404 e. The highest BCUT2D eigenvalue weighted by atomic mass is 16.6. The summed E-state index contributed by atoms with van der Waals surface area (Å²) in [6.45, 7) is 1.36. The van der Waals surface area contributed by atoms with Crippen LogP contribution in [0.1, 0.15) is 57.4 Å². The van der Waals surface area contributed by atoms with Crippen LogP contribution in [0.3, 0.4) is 0 Å². The third kappa shape index (κ3) is 3.84. The molecule has 0 bridgehead atoms. The zero-order chi connectivity index (χ0) is 19.5. The van der Waals surface area contributed by atoms with Crippen LogP contribution in [0.5, 0.6) is 0 Å². The van der Waals surface area contributed by atoms with Gasteiger partial charge in [-0.05, 0) is 38.2 Å². The van der Waals surface area contributed by atoms with Gasteiger partial charge in [0.15, 0.2) is 5.82 Å². The lowest BCUT2D eigenvalue weighted by Gasteiger charge is -2.29. The van der Waals surface area contributed by atoms with E-state index in [2.05, 4.69) is 4.90 Å². The molecule has 7 nitrogen and oxygen atoms in total. The normalized spacial score (nSPS) is 21.4. The van der Waals surface area contributed by atoms with Gasteiger partial charge < -0.3 is 15.4 Å². The zero-order valence-electron chi connectivity index (χ0n) is 16.2. The summed E-state index contributed by atoms with van der Waals surface area (Å²) in [5.74, 6) is 0.806. The summed E-state index contributed by atoms with van der Waals surface area (Å²) in [5, 5.41) is 6.43. The van der Waals surface area contributed by atoms with E-state index in [1.54, 1.807) is 4.68 Å². The van der Waals surface area contributed by atoms with Gasteiger partial charge in [0.1, 0.15) is 6.10 Å². The predicted molar refractivity (Wildman–Crippen MR) is 109 cm³/mol. The van der Waals surface area contributed by atoms with Crippen LogP contribution in [0.15, 0.2) is 29.1 Å². The molecule has 1 amide bonds. The Morgan fingerprint density at radius 1 is 1.04 bits per heavy atom. The molecule has 28 heavy (non-hydrogen) atoms. The van der Waals surface area contributed by atoms with Gasteiger partial charge in [-0.3, -0.25) is 4.79 Å². The number of aromatic nitrogens is 2. The molecule has 7 heteroatoms. The number of amides is 1. The number of benzene rings is 1. The van der Waals surface area contributed by atoms with Gasteiger partial charge in [0, 0.05) is 11.9 Å². The van der Waals surface area contributed by atoms with Crippen molar-refractivity contribution in [3.8, 4) is 0 Å². The average Bonchev–Trinajstić information content (AvgIpc) is 2.94. The molecule has 1 atom stereocenters. The first-order valence-electron chi connectivity index (χ1n) is 10.4. The number of carbonyl (C=O) groups excluding carboxylic acids is 1. The molecule has 2 heterocycles. The fraction of sp³-hybridized carbons (Fsp3) is 0.571. The Morgan fingerprint density at radius 3 is 2.50 bits per heavy atom. The number of rotatable bonds is 3. The third-order valence-corrected chi connectivity index (χ3v) is 5.94. The maximum absolute atomic E-state index is 13.1. The second-order valence-corrected chi connectivity index (χ2v) is 7.91. The maximum atomic E-state index is 13.1. The Bertz CT molecular complexity index is 904. The van der Waals surface area contributed by atoms with Crippen LogP contribution < -0.4 is 16.2 Å². The number of carbonyl (C=O) groups is 1. The number of primary amides is 1. The number of hydrogen-bond donors (Lipinski definition) is 1. The van der Waals surface area contributed by atoms with E-state index in [-0.39, 0.29) is 17.7 Å². The number of fused-ring (bicyclic) bond motifs is 1.